The fraction of sp³-hybridized carbons (Fsp3) is 0.0625. The first kappa shape index (κ1) is 14.2. The first-order chi connectivity index (χ1) is 11.4. The highest BCUT2D eigenvalue weighted by Gasteiger charge is 2.38. The maximum absolute atomic E-state index is 12.2. The van der Waals surface area contributed by atoms with Crippen LogP contribution < -0.4 is 10.7 Å². The van der Waals surface area contributed by atoms with Crippen molar-refractivity contribution in [2.45, 2.75) is 6.10 Å². The van der Waals surface area contributed by atoms with Crippen molar-refractivity contribution < 1.29 is 29.1 Å². The van der Waals surface area contributed by atoms with E-state index in [4.69, 9.17) is 0 Å². The number of hydrogen-bond donors (Lipinski definition) is 1. The summed E-state index contributed by atoms with van der Waals surface area (Å²) in [6.07, 6.45) is 2.22. The average Bonchev–Trinajstić information content (AvgIpc) is 2.54. The Balaban J connectivity index is 2.06. The molecule has 0 bridgehead atoms. The summed E-state index contributed by atoms with van der Waals surface area (Å²) < 4.78 is 0. The molecule has 8 nitrogen and oxygen atoms in total. The molecule has 3 aliphatic rings. The maximum atomic E-state index is 12.2. The van der Waals surface area contributed by atoms with Gasteiger partial charge < -0.3 is 5.11 Å². The molecule has 0 aromatic carbocycles. The molecule has 4 rings (SSSR count). The van der Waals surface area contributed by atoms with Crippen molar-refractivity contribution in [3.8, 4) is 0 Å². The number of Topliss-reactive ketones (excluding diaryl/α,β-unsaturated/α-hetero) is 3. The van der Waals surface area contributed by atoms with Crippen molar-refractivity contribution in [3.63, 3.8) is 0 Å². The molecule has 0 saturated carbocycles. The monoisotopic (exact) mass is 322 g/mol. The lowest BCUT2D eigenvalue weighted by atomic mass is 9.82. The van der Waals surface area contributed by atoms with Crippen LogP contribution in [0.5, 0.6) is 0 Å². The number of fused-ring (bicyclic) bond motifs is 4. The standard InChI is InChI=1S/C16H6N2O6/c19-9-3-7-8(4-10(9)20)18-14-11(21)2-6-5(13(14)17-7)1-12(22)16(24)15(6)23/h1-4,15,23H. The Morgan fingerprint density at radius 3 is 1.92 bits per heavy atom. The molecule has 24 heavy (non-hydrogen) atoms. The predicted octanol–water partition coefficient (Wildman–Crippen LogP) is -2.79. The highest BCUT2D eigenvalue weighted by molar-refractivity contribution is 6.57. The molecule has 1 aromatic heterocycles. The van der Waals surface area contributed by atoms with Gasteiger partial charge in [-0.05, 0) is 12.2 Å². The van der Waals surface area contributed by atoms with E-state index >= 15 is 0 Å². The lowest BCUT2D eigenvalue weighted by molar-refractivity contribution is -0.138. The molecule has 0 fully saturated rings. The Kier molecular flexibility index (Phi) is 2.70. The van der Waals surface area contributed by atoms with Crippen molar-refractivity contribution in [1.29, 1.82) is 0 Å². The number of nitrogens with zero attached hydrogens (tertiary/aromatic N) is 2. The van der Waals surface area contributed by atoms with Crippen LogP contribution in [0.3, 0.4) is 0 Å². The molecule has 0 radical (unpaired) electrons. The molecule has 1 unspecified atom stereocenters. The molecule has 1 N–H and O–H groups in total. The van der Waals surface area contributed by atoms with Gasteiger partial charge in [0.1, 0.15) is 17.5 Å². The molecule has 1 heterocycles. The molecular formula is C16H6N2O6. The second kappa shape index (κ2) is 4.56. The third-order valence-electron chi connectivity index (χ3n) is 3.88. The summed E-state index contributed by atoms with van der Waals surface area (Å²) >= 11 is 0. The minimum Gasteiger partial charge on any atom is -0.380 e. The number of rotatable bonds is 0. The van der Waals surface area contributed by atoms with Crippen molar-refractivity contribution >= 4 is 46.6 Å². The van der Waals surface area contributed by atoms with Gasteiger partial charge in [0, 0.05) is 23.3 Å². The zero-order chi connectivity index (χ0) is 17.2. The Morgan fingerprint density at radius 2 is 1.29 bits per heavy atom. The molecule has 0 amide bonds. The van der Waals surface area contributed by atoms with E-state index in [1.54, 1.807) is 0 Å². The summed E-state index contributed by atoms with van der Waals surface area (Å²) in [6.45, 7) is 0. The first-order valence-electron chi connectivity index (χ1n) is 6.81. The second-order valence-electron chi connectivity index (χ2n) is 5.36. The van der Waals surface area contributed by atoms with Gasteiger partial charge in [-0.3, -0.25) is 24.0 Å². The van der Waals surface area contributed by atoms with Gasteiger partial charge in [-0.1, -0.05) is 0 Å². The molecule has 0 aliphatic heterocycles. The summed E-state index contributed by atoms with van der Waals surface area (Å²) in [6, 6.07) is 0. The molecular weight excluding hydrogens is 316 g/mol. The van der Waals surface area contributed by atoms with Crippen molar-refractivity contribution in [2.24, 2.45) is 0 Å². The van der Waals surface area contributed by atoms with Crippen molar-refractivity contribution in [2.75, 3.05) is 0 Å². The molecule has 3 aliphatic carbocycles. The molecule has 1 aromatic rings. The SMILES string of the molecule is O=C1C=c2nc3c(nc2=CC1=O)C1=CC(=O)C(=O)C(O)C1=CC3=O. The summed E-state index contributed by atoms with van der Waals surface area (Å²) in [5.74, 6) is -4.13. The number of carbonyl (C=O) groups is 5. The number of hydrogen-bond acceptors (Lipinski definition) is 8. The van der Waals surface area contributed by atoms with Crippen LogP contribution in [0.25, 0.3) is 17.7 Å². The van der Waals surface area contributed by atoms with E-state index in [0.29, 0.717) is 0 Å². The van der Waals surface area contributed by atoms with E-state index in [-0.39, 0.29) is 33.2 Å². The zero-order valence-electron chi connectivity index (χ0n) is 11.8. The van der Waals surface area contributed by atoms with Crippen LogP contribution >= 0.6 is 0 Å². The number of aliphatic hydroxyl groups excluding tert-OH is 1. The van der Waals surface area contributed by atoms with E-state index in [0.717, 1.165) is 24.3 Å². The van der Waals surface area contributed by atoms with Crippen LogP contribution in [0.2, 0.25) is 0 Å². The number of aliphatic hydroxyl groups is 1. The number of allylic oxidation sites excluding steroid dienone is 2. The highest BCUT2D eigenvalue weighted by Crippen LogP contribution is 2.33. The fourth-order valence-corrected chi connectivity index (χ4v) is 2.70. The topological polar surface area (TPSA) is 131 Å². The summed E-state index contributed by atoms with van der Waals surface area (Å²) in [7, 11) is 0. The normalized spacial score (nSPS) is 21.9. The van der Waals surface area contributed by atoms with Crippen molar-refractivity contribution in [1.82, 2.24) is 9.97 Å². The average molecular weight is 322 g/mol. The molecule has 0 saturated heterocycles. The highest BCUT2D eigenvalue weighted by atomic mass is 16.3. The molecule has 1 atom stereocenters. The largest absolute Gasteiger partial charge is 0.380 e. The fourth-order valence-electron chi connectivity index (χ4n) is 2.70. The van der Waals surface area contributed by atoms with Crippen LogP contribution in [-0.2, 0) is 19.2 Å². The smallest absolute Gasteiger partial charge is 0.235 e. The van der Waals surface area contributed by atoms with Crippen LogP contribution in [0, 0.1) is 0 Å². The van der Waals surface area contributed by atoms with Gasteiger partial charge in [-0.2, -0.15) is 0 Å². The Hall–Kier alpha value is -3.39. The Labute approximate surface area is 132 Å². The molecule has 116 valence electrons. The van der Waals surface area contributed by atoms with E-state index in [1.165, 1.54) is 0 Å². The summed E-state index contributed by atoms with van der Waals surface area (Å²) in [4.78, 5) is 66.6. The Morgan fingerprint density at radius 1 is 0.708 bits per heavy atom. The second-order valence-corrected chi connectivity index (χ2v) is 5.36. The minimum atomic E-state index is -1.74. The zero-order valence-corrected chi connectivity index (χ0v) is 11.8. The van der Waals surface area contributed by atoms with Crippen molar-refractivity contribution in [3.05, 3.63) is 39.8 Å². The van der Waals surface area contributed by atoms with Gasteiger partial charge in [0.25, 0.3) is 0 Å². The Bertz CT molecular complexity index is 1110. The van der Waals surface area contributed by atoms with Crippen LogP contribution in [0.4, 0.5) is 0 Å². The van der Waals surface area contributed by atoms with E-state index in [2.05, 4.69) is 9.97 Å². The molecule has 8 heteroatoms. The van der Waals surface area contributed by atoms with Crippen LogP contribution in [0.15, 0.2) is 17.7 Å². The van der Waals surface area contributed by atoms with Gasteiger partial charge in [-0.25, -0.2) is 9.97 Å². The van der Waals surface area contributed by atoms with Crippen LogP contribution in [-0.4, -0.2) is 50.1 Å². The summed E-state index contributed by atoms with van der Waals surface area (Å²) in [5, 5.41) is 10.1. The predicted molar refractivity (Wildman–Crippen MR) is 76.6 cm³/mol. The minimum absolute atomic E-state index is 0.0112. The van der Waals surface area contributed by atoms with Gasteiger partial charge in [-0.15, -0.1) is 0 Å². The van der Waals surface area contributed by atoms with Gasteiger partial charge in [0.2, 0.25) is 28.9 Å². The lowest BCUT2D eigenvalue weighted by Crippen LogP contribution is -2.42. The third kappa shape index (κ3) is 1.80. The van der Waals surface area contributed by atoms with Gasteiger partial charge in [0.15, 0.2) is 0 Å². The number of ketones is 5. The van der Waals surface area contributed by atoms with Gasteiger partial charge in [0.05, 0.1) is 10.7 Å². The van der Waals surface area contributed by atoms with E-state index < -0.39 is 35.0 Å². The summed E-state index contributed by atoms with van der Waals surface area (Å²) in [5.41, 5.74) is -0.0591. The maximum Gasteiger partial charge on any atom is 0.235 e. The molecule has 0 spiro atoms. The first-order valence-corrected chi connectivity index (χ1v) is 6.81. The number of carbonyl (C=O) groups excluding carboxylic acids is 5. The third-order valence-corrected chi connectivity index (χ3v) is 3.88. The quantitative estimate of drug-likeness (QED) is 0.507. The number of aromatic nitrogens is 2. The lowest BCUT2D eigenvalue weighted by Gasteiger charge is -2.24. The van der Waals surface area contributed by atoms with Gasteiger partial charge >= 0.3 is 0 Å². The van der Waals surface area contributed by atoms with Crippen LogP contribution in [0.1, 0.15) is 16.2 Å². The van der Waals surface area contributed by atoms with E-state index in [9.17, 15) is 29.1 Å². The van der Waals surface area contributed by atoms with E-state index in [1.807, 2.05) is 0 Å².